The summed E-state index contributed by atoms with van der Waals surface area (Å²) in [7, 11) is 0. The number of rotatable bonds is 6. The van der Waals surface area contributed by atoms with Gasteiger partial charge < -0.3 is 9.47 Å². The predicted molar refractivity (Wildman–Crippen MR) is 117 cm³/mol. The van der Waals surface area contributed by atoms with Crippen LogP contribution in [0.5, 0.6) is 0 Å². The van der Waals surface area contributed by atoms with Crippen molar-refractivity contribution in [3.63, 3.8) is 0 Å². The molecule has 3 rings (SSSR count). The lowest BCUT2D eigenvalue weighted by Crippen LogP contribution is -2.36. The van der Waals surface area contributed by atoms with Gasteiger partial charge in [0.05, 0.1) is 18.3 Å². The number of nitrogens with one attached hydrogen (secondary N) is 1. The zero-order chi connectivity index (χ0) is 20.3. The third kappa shape index (κ3) is 5.20. The first-order chi connectivity index (χ1) is 13.4. The standard InChI is InChI=1S/C20H29BrN2O4S/c1-12(2)15-5-4-13(3)8-16(15)26-10-18-27-17(11-28-18)23-9-14(6-7-21)19(24)22-20(23)25/h6-7,9,12-13,15-18H,4-5,8,10-11H2,1-3H3,(H,22,24,25)/b7-6+/t13-,15+,16-,17+,18-/m1/s1. The zero-order valence-electron chi connectivity index (χ0n) is 16.6. The number of halogens is 1. The van der Waals surface area contributed by atoms with Gasteiger partial charge in [0, 0.05) is 11.9 Å². The SMILES string of the molecule is CC(C)[C@@H]1CC[C@@H](C)C[C@H]1OC[C@@H]1O[C@H](n2cc(/C=C/Br)c(=O)[nH]c2=O)CS1. The number of aromatic nitrogens is 2. The highest BCUT2D eigenvalue weighted by Crippen LogP contribution is 2.37. The molecule has 28 heavy (non-hydrogen) atoms. The van der Waals surface area contributed by atoms with Gasteiger partial charge in [0.2, 0.25) is 0 Å². The minimum atomic E-state index is -0.454. The Bertz CT molecular complexity index is 806. The van der Waals surface area contributed by atoms with E-state index in [2.05, 4.69) is 41.7 Å². The molecule has 2 heterocycles. The molecule has 1 aliphatic carbocycles. The lowest BCUT2D eigenvalue weighted by Gasteiger charge is -2.37. The third-order valence-corrected chi connectivity index (χ3v) is 7.05. The number of ether oxygens (including phenoxy) is 2. The van der Waals surface area contributed by atoms with Crippen molar-refractivity contribution in [2.24, 2.45) is 17.8 Å². The maximum absolute atomic E-state index is 12.2. The Morgan fingerprint density at radius 1 is 1.43 bits per heavy atom. The van der Waals surface area contributed by atoms with E-state index in [4.69, 9.17) is 9.47 Å². The molecule has 2 fully saturated rings. The van der Waals surface area contributed by atoms with Crippen LogP contribution < -0.4 is 11.2 Å². The zero-order valence-corrected chi connectivity index (χ0v) is 19.0. The first-order valence-corrected chi connectivity index (χ1v) is 11.9. The van der Waals surface area contributed by atoms with E-state index in [0.717, 1.165) is 6.42 Å². The van der Waals surface area contributed by atoms with Gasteiger partial charge in [-0.05, 0) is 41.7 Å². The summed E-state index contributed by atoms with van der Waals surface area (Å²) in [6, 6.07) is 0. The summed E-state index contributed by atoms with van der Waals surface area (Å²) in [6.07, 6.45) is 6.63. The Morgan fingerprint density at radius 2 is 2.21 bits per heavy atom. The van der Waals surface area contributed by atoms with Gasteiger partial charge in [-0.1, -0.05) is 43.1 Å². The van der Waals surface area contributed by atoms with Crippen LogP contribution in [0.3, 0.4) is 0 Å². The number of hydrogen-bond donors (Lipinski definition) is 1. The Morgan fingerprint density at radius 3 is 2.93 bits per heavy atom. The third-order valence-electron chi connectivity index (χ3n) is 5.69. The van der Waals surface area contributed by atoms with Crippen LogP contribution in [-0.4, -0.2) is 33.5 Å². The molecule has 0 bridgehead atoms. The van der Waals surface area contributed by atoms with Crippen molar-refractivity contribution >= 4 is 33.8 Å². The van der Waals surface area contributed by atoms with E-state index < -0.39 is 17.5 Å². The van der Waals surface area contributed by atoms with Crippen LogP contribution in [0.1, 0.15) is 51.8 Å². The van der Waals surface area contributed by atoms with E-state index in [1.807, 2.05) is 0 Å². The minimum Gasteiger partial charge on any atom is -0.374 e. The van der Waals surface area contributed by atoms with Crippen LogP contribution in [0.25, 0.3) is 6.08 Å². The second-order valence-electron chi connectivity index (χ2n) is 8.10. The van der Waals surface area contributed by atoms with Crippen molar-refractivity contribution in [1.82, 2.24) is 9.55 Å². The van der Waals surface area contributed by atoms with Gasteiger partial charge in [-0.2, -0.15) is 0 Å². The maximum Gasteiger partial charge on any atom is 0.330 e. The molecule has 1 aliphatic heterocycles. The van der Waals surface area contributed by atoms with Crippen molar-refractivity contribution < 1.29 is 9.47 Å². The molecular weight excluding hydrogens is 444 g/mol. The normalized spacial score (nSPS) is 31.1. The molecule has 5 atom stereocenters. The highest BCUT2D eigenvalue weighted by atomic mass is 79.9. The molecule has 0 unspecified atom stereocenters. The molecule has 0 spiro atoms. The van der Waals surface area contributed by atoms with Crippen molar-refractivity contribution in [2.75, 3.05) is 12.4 Å². The Balaban J connectivity index is 1.62. The molecule has 1 aromatic heterocycles. The molecule has 8 heteroatoms. The van der Waals surface area contributed by atoms with Crippen LogP contribution in [-0.2, 0) is 9.47 Å². The lowest BCUT2D eigenvalue weighted by molar-refractivity contribution is -0.0811. The summed E-state index contributed by atoms with van der Waals surface area (Å²) < 4.78 is 13.8. The minimum absolute atomic E-state index is 0.107. The summed E-state index contributed by atoms with van der Waals surface area (Å²) in [4.78, 5) is 28.0. The van der Waals surface area contributed by atoms with E-state index in [1.165, 1.54) is 17.4 Å². The van der Waals surface area contributed by atoms with Crippen molar-refractivity contribution in [3.05, 3.63) is 37.6 Å². The van der Waals surface area contributed by atoms with Crippen molar-refractivity contribution in [1.29, 1.82) is 0 Å². The number of nitrogens with zero attached hydrogens (tertiary/aromatic N) is 1. The fourth-order valence-corrected chi connectivity index (χ4v) is 5.37. The fraction of sp³-hybridized carbons (Fsp3) is 0.700. The number of H-pyrrole nitrogens is 1. The summed E-state index contributed by atoms with van der Waals surface area (Å²) >= 11 is 4.81. The highest BCUT2D eigenvalue weighted by Gasteiger charge is 2.34. The highest BCUT2D eigenvalue weighted by molar-refractivity contribution is 9.11. The van der Waals surface area contributed by atoms with Gasteiger partial charge in [-0.3, -0.25) is 14.3 Å². The first-order valence-electron chi connectivity index (χ1n) is 9.90. The van der Waals surface area contributed by atoms with Crippen LogP contribution >= 0.6 is 27.7 Å². The summed E-state index contributed by atoms with van der Waals surface area (Å²) in [6.45, 7) is 7.37. The second-order valence-corrected chi connectivity index (χ2v) is 9.82. The molecule has 0 radical (unpaired) electrons. The van der Waals surface area contributed by atoms with Crippen molar-refractivity contribution in [3.8, 4) is 0 Å². The summed E-state index contributed by atoms with van der Waals surface area (Å²) in [5.41, 5.74) is -0.566. The molecule has 6 nitrogen and oxygen atoms in total. The van der Waals surface area contributed by atoms with Gasteiger partial charge in [-0.25, -0.2) is 4.79 Å². The van der Waals surface area contributed by atoms with Crippen LogP contribution in [0.4, 0.5) is 0 Å². The summed E-state index contributed by atoms with van der Waals surface area (Å²) in [5.74, 6) is 2.55. The van der Waals surface area contributed by atoms with Gasteiger partial charge >= 0.3 is 5.69 Å². The van der Waals surface area contributed by atoms with E-state index in [1.54, 1.807) is 29.0 Å². The van der Waals surface area contributed by atoms with Gasteiger partial charge in [0.15, 0.2) is 0 Å². The van der Waals surface area contributed by atoms with Gasteiger partial charge in [-0.15, -0.1) is 11.8 Å². The van der Waals surface area contributed by atoms with Crippen molar-refractivity contribution in [2.45, 2.75) is 57.8 Å². The lowest BCUT2D eigenvalue weighted by atomic mass is 9.75. The van der Waals surface area contributed by atoms with Crippen LogP contribution in [0.2, 0.25) is 0 Å². The molecule has 0 amide bonds. The number of aromatic amines is 1. The molecule has 1 N–H and O–H groups in total. The second kappa shape index (κ2) is 9.78. The largest absolute Gasteiger partial charge is 0.374 e. The topological polar surface area (TPSA) is 73.3 Å². The maximum atomic E-state index is 12.2. The van der Waals surface area contributed by atoms with Crippen LogP contribution in [0, 0.1) is 17.8 Å². The van der Waals surface area contributed by atoms with E-state index >= 15 is 0 Å². The quantitative estimate of drug-likeness (QED) is 0.677. The monoisotopic (exact) mass is 472 g/mol. The van der Waals surface area contributed by atoms with Crippen LogP contribution in [0.15, 0.2) is 20.8 Å². The molecule has 1 aromatic rings. The van der Waals surface area contributed by atoms with Gasteiger partial charge in [0.1, 0.15) is 11.7 Å². The molecule has 2 aliphatic rings. The molecule has 1 saturated heterocycles. The Labute approximate surface area is 178 Å². The number of hydrogen-bond acceptors (Lipinski definition) is 5. The average Bonchev–Trinajstić information content (AvgIpc) is 3.11. The van der Waals surface area contributed by atoms with E-state index in [0.29, 0.717) is 35.7 Å². The Kier molecular flexibility index (Phi) is 7.64. The molecule has 1 saturated carbocycles. The predicted octanol–water partition coefficient (Wildman–Crippen LogP) is 3.97. The summed E-state index contributed by atoms with van der Waals surface area (Å²) in [5, 5.41) is 0. The Hall–Kier alpha value is -0.830. The van der Waals surface area contributed by atoms with Gasteiger partial charge in [0.25, 0.3) is 5.56 Å². The first kappa shape index (κ1) is 21.9. The molecule has 156 valence electrons. The molecular formula is C20H29BrN2O4S. The fourth-order valence-electron chi connectivity index (χ4n) is 4.09. The average molecular weight is 473 g/mol. The molecule has 0 aromatic carbocycles. The smallest absolute Gasteiger partial charge is 0.330 e. The van der Waals surface area contributed by atoms with E-state index in [-0.39, 0.29) is 11.5 Å². The number of thioether (sulfide) groups is 1. The van der Waals surface area contributed by atoms with E-state index in [9.17, 15) is 9.59 Å².